The monoisotopic (exact) mass is 332 g/mol. The molecular formula is C21H20N2O2. The molecule has 1 aromatic heterocycles. The van der Waals surface area contributed by atoms with Gasteiger partial charge in [-0.2, -0.15) is 0 Å². The molecule has 0 N–H and O–H groups in total. The van der Waals surface area contributed by atoms with Crippen LogP contribution in [0.1, 0.15) is 16.8 Å². The Labute approximate surface area is 147 Å². The predicted molar refractivity (Wildman–Crippen MR) is 98.2 cm³/mol. The highest BCUT2D eigenvalue weighted by molar-refractivity contribution is 5.87. The van der Waals surface area contributed by atoms with Crippen LogP contribution in [0.2, 0.25) is 0 Å². The molecule has 3 rings (SSSR count). The maximum atomic E-state index is 12.7. The zero-order valence-corrected chi connectivity index (χ0v) is 14.1. The summed E-state index contributed by atoms with van der Waals surface area (Å²) < 4.78 is 5.52. The molecule has 4 heteroatoms. The fourth-order valence-corrected chi connectivity index (χ4v) is 2.55. The quantitative estimate of drug-likeness (QED) is 0.678. The molecule has 2 aromatic carbocycles. The minimum absolute atomic E-state index is 0.248. The third-order valence-corrected chi connectivity index (χ3v) is 3.80. The summed E-state index contributed by atoms with van der Waals surface area (Å²) in [5, 5.41) is 0. The third kappa shape index (κ3) is 4.67. The van der Waals surface area contributed by atoms with Crippen LogP contribution >= 0.6 is 0 Å². The van der Waals surface area contributed by atoms with Crippen molar-refractivity contribution < 1.29 is 9.53 Å². The summed E-state index contributed by atoms with van der Waals surface area (Å²) in [4.78, 5) is 18.5. The number of para-hydroxylation sites is 1. The van der Waals surface area contributed by atoms with Crippen LogP contribution in [0.4, 0.5) is 10.5 Å². The third-order valence-electron chi connectivity index (χ3n) is 3.80. The minimum Gasteiger partial charge on any atom is -0.444 e. The van der Waals surface area contributed by atoms with Gasteiger partial charge in [-0.15, -0.1) is 0 Å². The molecule has 0 saturated carbocycles. The average Bonchev–Trinajstić information content (AvgIpc) is 2.66. The van der Waals surface area contributed by atoms with Crippen LogP contribution in [-0.4, -0.2) is 11.1 Å². The van der Waals surface area contributed by atoms with E-state index in [2.05, 4.69) is 4.98 Å². The molecule has 0 unspecified atom stereocenters. The van der Waals surface area contributed by atoms with Crippen molar-refractivity contribution in [1.29, 1.82) is 0 Å². The molecule has 0 aliphatic heterocycles. The number of aryl methyl sites for hydroxylation is 1. The Morgan fingerprint density at radius 3 is 2.32 bits per heavy atom. The van der Waals surface area contributed by atoms with Gasteiger partial charge in [0.15, 0.2) is 0 Å². The van der Waals surface area contributed by atoms with E-state index in [4.69, 9.17) is 4.74 Å². The van der Waals surface area contributed by atoms with E-state index in [1.807, 2.05) is 79.7 Å². The number of benzene rings is 2. The lowest BCUT2D eigenvalue weighted by Crippen LogP contribution is -2.31. The summed E-state index contributed by atoms with van der Waals surface area (Å²) in [7, 11) is 0. The first-order chi connectivity index (χ1) is 12.2. The molecule has 0 aliphatic rings. The van der Waals surface area contributed by atoms with Gasteiger partial charge in [0.05, 0.1) is 6.54 Å². The lowest BCUT2D eigenvalue weighted by Gasteiger charge is -2.22. The van der Waals surface area contributed by atoms with E-state index in [9.17, 15) is 4.79 Å². The van der Waals surface area contributed by atoms with Crippen molar-refractivity contribution >= 4 is 11.8 Å². The lowest BCUT2D eigenvalue weighted by molar-refractivity contribution is 0.146. The summed E-state index contributed by atoms with van der Waals surface area (Å²) >= 11 is 0. The van der Waals surface area contributed by atoms with Gasteiger partial charge in [0.2, 0.25) is 0 Å². The standard InChI is InChI=1S/C21H20N2O2/c1-17-14-19(12-13-22-17)15-23(20-10-6-3-7-11-20)21(24)25-16-18-8-4-2-5-9-18/h2-14H,15-16H2,1H3. The van der Waals surface area contributed by atoms with Crippen LogP contribution in [0.5, 0.6) is 0 Å². The van der Waals surface area contributed by atoms with Gasteiger partial charge in [-0.25, -0.2) is 4.79 Å². The second kappa shape index (κ2) is 8.11. The van der Waals surface area contributed by atoms with Crippen molar-refractivity contribution in [2.45, 2.75) is 20.1 Å². The fourth-order valence-electron chi connectivity index (χ4n) is 2.55. The van der Waals surface area contributed by atoms with Gasteiger partial charge in [-0.1, -0.05) is 48.5 Å². The van der Waals surface area contributed by atoms with Crippen LogP contribution in [0, 0.1) is 6.92 Å². The molecule has 0 spiro atoms. The highest BCUT2D eigenvalue weighted by atomic mass is 16.6. The molecule has 25 heavy (non-hydrogen) atoms. The van der Waals surface area contributed by atoms with Crippen LogP contribution < -0.4 is 4.90 Å². The number of aromatic nitrogens is 1. The van der Waals surface area contributed by atoms with Crippen molar-refractivity contribution in [2.24, 2.45) is 0 Å². The molecule has 126 valence electrons. The Hall–Kier alpha value is -3.14. The molecular weight excluding hydrogens is 312 g/mol. The Morgan fingerprint density at radius 1 is 0.960 bits per heavy atom. The molecule has 1 heterocycles. The number of anilines is 1. The molecule has 0 bridgehead atoms. The number of ether oxygens (including phenoxy) is 1. The van der Waals surface area contributed by atoms with E-state index < -0.39 is 0 Å². The first-order valence-corrected chi connectivity index (χ1v) is 8.17. The Bertz CT molecular complexity index is 820. The van der Waals surface area contributed by atoms with E-state index in [0.29, 0.717) is 6.54 Å². The summed E-state index contributed by atoms with van der Waals surface area (Å²) in [6.07, 6.45) is 1.38. The van der Waals surface area contributed by atoms with Crippen LogP contribution in [0.25, 0.3) is 0 Å². The lowest BCUT2D eigenvalue weighted by atomic mass is 10.2. The molecule has 0 atom stereocenters. The average molecular weight is 332 g/mol. The summed E-state index contributed by atoms with van der Waals surface area (Å²) in [5.74, 6) is 0. The first kappa shape index (κ1) is 16.7. The number of amides is 1. The molecule has 0 fully saturated rings. The summed E-state index contributed by atoms with van der Waals surface area (Å²) in [6.45, 7) is 2.61. The first-order valence-electron chi connectivity index (χ1n) is 8.17. The number of carbonyl (C=O) groups is 1. The van der Waals surface area contributed by atoms with Crippen LogP contribution in [0.15, 0.2) is 79.0 Å². The second-order valence-corrected chi connectivity index (χ2v) is 5.77. The molecule has 4 nitrogen and oxygen atoms in total. The highest BCUT2D eigenvalue weighted by Crippen LogP contribution is 2.19. The van der Waals surface area contributed by atoms with Crippen LogP contribution in [-0.2, 0) is 17.9 Å². The predicted octanol–water partition coefficient (Wildman–Crippen LogP) is 4.73. The van der Waals surface area contributed by atoms with Gasteiger partial charge in [-0.3, -0.25) is 9.88 Å². The van der Waals surface area contributed by atoms with E-state index >= 15 is 0 Å². The number of carbonyl (C=O) groups excluding carboxylic acids is 1. The number of nitrogens with zero attached hydrogens (tertiary/aromatic N) is 2. The Morgan fingerprint density at radius 2 is 1.64 bits per heavy atom. The maximum absolute atomic E-state index is 12.7. The van der Waals surface area contributed by atoms with Gasteiger partial charge in [0, 0.05) is 17.6 Å². The summed E-state index contributed by atoms with van der Waals surface area (Å²) in [5.41, 5.74) is 3.69. The smallest absolute Gasteiger partial charge is 0.414 e. The van der Waals surface area contributed by atoms with Gasteiger partial charge in [0.1, 0.15) is 6.61 Å². The van der Waals surface area contributed by atoms with Crippen LogP contribution in [0.3, 0.4) is 0 Å². The van der Waals surface area contributed by atoms with E-state index in [-0.39, 0.29) is 12.7 Å². The molecule has 1 amide bonds. The van der Waals surface area contributed by atoms with Crippen molar-refractivity contribution in [1.82, 2.24) is 4.98 Å². The SMILES string of the molecule is Cc1cc(CN(C(=O)OCc2ccccc2)c2ccccc2)ccn1. The second-order valence-electron chi connectivity index (χ2n) is 5.77. The van der Waals surface area contributed by atoms with Crippen molar-refractivity contribution in [2.75, 3.05) is 4.90 Å². The zero-order valence-electron chi connectivity index (χ0n) is 14.1. The molecule has 0 radical (unpaired) electrons. The van der Waals surface area contributed by atoms with Crippen molar-refractivity contribution in [3.63, 3.8) is 0 Å². The van der Waals surface area contributed by atoms with Gasteiger partial charge >= 0.3 is 6.09 Å². The normalized spacial score (nSPS) is 10.3. The largest absolute Gasteiger partial charge is 0.444 e. The molecule has 0 saturated heterocycles. The van der Waals surface area contributed by atoms with Crippen molar-refractivity contribution in [3.8, 4) is 0 Å². The van der Waals surface area contributed by atoms with E-state index in [0.717, 1.165) is 22.5 Å². The number of pyridine rings is 1. The maximum Gasteiger partial charge on any atom is 0.414 e. The molecule has 3 aromatic rings. The van der Waals surface area contributed by atoms with Gasteiger partial charge in [-0.05, 0) is 42.3 Å². The number of rotatable bonds is 5. The zero-order chi connectivity index (χ0) is 17.5. The number of hydrogen-bond donors (Lipinski definition) is 0. The minimum atomic E-state index is -0.371. The van der Waals surface area contributed by atoms with E-state index in [1.165, 1.54) is 0 Å². The van der Waals surface area contributed by atoms with Crippen molar-refractivity contribution in [3.05, 3.63) is 95.8 Å². The number of hydrogen-bond acceptors (Lipinski definition) is 3. The highest BCUT2D eigenvalue weighted by Gasteiger charge is 2.18. The Kier molecular flexibility index (Phi) is 5.42. The van der Waals surface area contributed by atoms with E-state index in [1.54, 1.807) is 11.1 Å². The summed E-state index contributed by atoms with van der Waals surface area (Å²) in [6, 6.07) is 23.1. The fraction of sp³-hybridized carbons (Fsp3) is 0.143. The topological polar surface area (TPSA) is 42.4 Å². The van der Waals surface area contributed by atoms with Gasteiger partial charge in [0.25, 0.3) is 0 Å². The Balaban J connectivity index is 1.77. The van der Waals surface area contributed by atoms with Gasteiger partial charge < -0.3 is 4.74 Å². The molecule has 0 aliphatic carbocycles.